The second kappa shape index (κ2) is 6.81. The van der Waals surface area contributed by atoms with Gasteiger partial charge in [-0.3, -0.25) is 0 Å². The number of alkyl halides is 3. The van der Waals surface area contributed by atoms with Crippen molar-refractivity contribution in [2.24, 2.45) is 16.8 Å². The Morgan fingerprint density at radius 2 is 2.15 bits per heavy atom. The van der Waals surface area contributed by atoms with Crippen LogP contribution in [0.5, 0.6) is 0 Å². The maximum absolute atomic E-state index is 12.7. The van der Waals surface area contributed by atoms with Crippen LogP contribution >= 0.6 is 11.6 Å². The Balaban J connectivity index is 2.73. The highest BCUT2D eigenvalue weighted by Crippen LogP contribution is 2.27. The van der Waals surface area contributed by atoms with Gasteiger partial charge in [0.05, 0.1) is 0 Å². The monoisotopic (exact) mass is 309 g/mol. The lowest BCUT2D eigenvalue weighted by Crippen LogP contribution is -2.43. The minimum absolute atomic E-state index is 0.356. The van der Waals surface area contributed by atoms with E-state index in [4.69, 9.17) is 22.5 Å². The van der Waals surface area contributed by atoms with Crippen LogP contribution in [0.1, 0.15) is 18.5 Å². The molecule has 0 bridgehead atoms. The van der Waals surface area contributed by atoms with Gasteiger partial charge in [0.25, 0.3) is 0 Å². The van der Waals surface area contributed by atoms with Crippen LogP contribution in [0, 0.1) is 5.92 Å². The third kappa shape index (κ3) is 4.57. The van der Waals surface area contributed by atoms with E-state index < -0.39 is 24.5 Å². The molecular formula is C12H15ClF3N3O. The summed E-state index contributed by atoms with van der Waals surface area (Å²) in [6, 6.07) is 6.43. The Morgan fingerprint density at radius 1 is 1.50 bits per heavy atom. The first-order chi connectivity index (χ1) is 9.25. The quantitative estimate of drug-likeness (QED) is 0.339. The summed E-state index contributed by atoms with van der Waals surface area (Å²) in [5.74, 6) is -2.92. The van der Waals surface area contributed by atoms with E-state index in [-0.39, 0.29) is 6.04 Å². The number of hydrogen-bond donors (Lipinski definition) is 3. The third-order valence-corrected chi connectivity index (χ3v) is 3.08. The first-order valence-corrected chi connectivity index (χ1v) is 6.16. The number of nitrogens with zero attached hydrogens (tertiary/aromatic N) is 1. The molecular weight excluding hydrogens is 295 g/mol. The Hall–Kier alpha value is -1.47. The van der Waals surface area contributed by atoms with E-state index in [0.29, 0.717) is 5.02 Å². The number of nitrogens with one attached hydrogen (secondary N) is 1. The standard InChI is InChI=1S/C12H15ClF3N3O/c1-7(8-3-2-4-9(13)5-8)18-6-10(11(17)19-20)12(14,15)16/h2-5,7,10,18,20H,6H2,1H3,(H2,17,19). The number of hydrogen-bond acceptors (Lipinski definition) is 3. The van der Waals surface area contributed by atoms with Gasteiger partial charge in [0.2, 0.25) is 0 Å². The molecule has 2 atom stereocenters. The molecule has 0 radical (unpaired) electrons. The van der Waals surface area contributed by atoms with E-state index in [1.165, 1.54) is 0 Å². The largest absolute Gasteiger partial charge is 0.409 e. The lowest BCUT2D eigenvalue weighted by atomic mass is 10.1. The van der Waals surface area contributed by atoms with E-state index in [1.807, 2.05) is 0 Å². The molecule has 0 spiro atoms. The summed E-state index contributed by atoms with van der Waals surface area (Å²) in [4.78, 5) is 0. The van der Waals surface area contributed by atoms with Gasteiger partial charge in [-0.05, 0) is 24.6 Å². The Bertz CT molecular complexity index is 479. The van der Waals surface area contributed by atoms with Crippen molar-refractivity contribution in [3.63, 3.8) is 0 Å². The lowest BCUT2D eigenvalue weighted by molar-refractivity contribution is -0.155. The molecule has 8 heteroatoms. The average Bonchev–Trinajstić information content (AvgIpc) is 2.36. The predicted molar refractivity (Wildman–Crippen MR) is 70.8 cm³/mol. The summed E-state index contributed by atoms with van der Waals surface area (Å²) in [7, 11) is 0. The Labute approximate surface area is 119 Å². The third-order valence-electron chi connectivity index (χ3n) is 2.84. The van der Waals surface area contributed by atoms with E-state index >= 15 is 0 Å². The zero-order valence-corrected chi connectivity index (χ0v) is 11.4. The van der Waals surface area contributed by atoms with Crippen molar-refractivity contribution in [1.29, 1.82) is 0 Å². The zero-order valence-electron chi connectivity index (χ0n) is 10.7. The maximum atomic E-state index is 12.7. The fourth-order valence-corrected chi connectivity index (χ4v) is 1.84. The van der Waals surface area contributed by atoms with Crippen LogP contribution in [-0.2, 0) is 0 Å². The Kier molecular flexibility index (Phi) is 5.64. The molecule has 0 aliphatic rings. The maximum Gasteiger partial charge on any atom is 0.400 e. The van der Waals surface area contributed by atoms with Gasteiger partial charge in [0, 0.05) is 17.6 Å². The highest BCUT2D eigenvalue weighted by atomic mass is 35.5. The number of rotatable bonds is 5. The molecule has 2 unspecified atom stereocenters. The molecule has 4 nitrogen and oxygen atoms in total. The van der Waals surface area contributed by atoms with Crippen molar-refractivity contribution in [3.05, 3.63) is 34.9 Å². The molecule has 0 aromatic heterocycles. The molecule has 112 valence electrons. The highest BCUT2D eigenvalue weighted by molar-refractivity contribution is 6.30. The van der Waals surface area contributed by atoms with Crippen LogP contribution in [0.4, 0.5) is 13.2 Å². The highest BCUT2D eigenvalue weighted by Gasteiger charge is 2.42. The predicted octanol–water partition coefficient (Wildman–Crippen LogP) is 2.92. The lowest BCUT2D eigenvalue weighted by Gasteiger charge is -2.22. The summed E-state index contributed by atoms with van der Waals surface area (Å²) in [5, 5.41) is 14.0. The summed E-state index contributed by atoms with van der Waals surface area (Å²) in [5.41, 5.74) is 5.82. The van der Waals surface area contributed by atoms with Crippen molar-refractivity contribution in [2.75, 3.05) is 6.54 Å². The number of oxime groups is 1. The van der Waals surface area contributed by atoms with Gasteiger partial charge in [0.1, 0.15) is 5.92 Å². The minimum Gasteiger partial charge on any atom is -0.409 e. The van der Waals surface area contributed by atoms with E-state index in [9.17, 15) is 13.2 Å². The molecule has 0 saturated carbocycles. The minimum atomic E-state index is -4.59. The normalized spacial score (nSPS) is 15.9. The van der Waals surface area contributed by atoms with E-state index in [2.05, 4.69) is 10.5 Å². The molecule has 0 fully saturated rings. The molecule has 0 heterocycles. The van der Waals surface area contributed by atoms with Crippen LogP contribution in [0.2, 0.25) is 5.02 Å². The van der Waals surface area contributed by atoms with Crippen LogP contribution in [0.25, 0.3) is 0 Å². The van der Waals surface area contributed by atoms with Crippen LogP contribution in [0.3, 0.4) is 0 Å². The number of benzene rings is 1. The van der Waals surface area contributed by atoms with Crippen molar-refractivity contribution in [3.8, 4) is 0 Å². The zero-order chi connectivity index (χ0) is 15.3. The van der Waals surface area contributed by atoms with Crippen LogP contribution in [-0.4, -0.2) is 23.8 Å². The molecule has 1 aromatic carbocycles. The first kappa shape index (κ1) is 16.6. The van der Waals surface area contributed by atoms with E-state index in [1.54, 1.807) is 31.2 Å². The SMILES string of the molecule is CC(NCC(/C(N)=N/O)C(F)(F)F)c1cccc(Cl)c1. The van der Waals surface area contributed by atoms with Crippen molar-refractivity contribution in [2.45, 2.75) is 19.1 Å². The van der Waals surface area contributed by atoms with Crippen LogP contribution in [0.15, 0.2) is 29.4 Å². The molecule has 0 amide bonds. The molecule has 4 N–H and O–H groups in total. The van der Waals surface area contributed by atoms with Gasteiger partial charge < -0.3 is 16.3 Å². The summed E-state index contributed by atoms with van der Waals surface area (Å²) in [6.07, 6.45) is -4.59. The van der Waals surface area contributed by atoms with Gasteiger partial charge >= 0.3 is 6.18 Å². The van der Waals surface area contributed by atoms with Crippen molar-refractivity contribution >= 4 is 17.4 Å². The molecule has 1 rings (SSSR count). The number of halogens is 4. The molecule has 20 heavy (non-hydrogen) atoms. The summed E-state index contributed by atoms with van der Waals surface area (Å²) >= 11 is 5.82. The van der Waals surface area contributed by atoms with Gasteiger partial charge in [-0.25, -0.2) is 0 Å². The topological polar surface area (TPSA) is 70.6 Å². The molecule has 0 aliphatic heterocycles. The fraction of sp³-hybridized carbons (Fsp3) is 0.417. The first-order valence-electron chi connectivity index (χ1n) is 5.78. The summed E-state index contributed by atoms with van der Waals surface area (Å²) < 4.78 is 38.2. The number of amidine groups is 1. The van der Waals surface area contributed by atoms with Gasteiger partial charge in [-0.15, -0.1) is 0 Å². The molecule has 1 aromatic rings. The van der Waals surface area contributed by atoms with Crippen molar-refractivity contribution in [1.82, 2.24) is 5.32 Å². The second-order valence-electron chi connectivity index (χ2n) is 4.30. The Morgan fingerprint density at radius 3 is 2.65 bits per heavy atom. The number of nitrogens with two attached hydrogens (primary N) is 1. The second-order valence-corrected chi connectivity index (χ2v) is 4.74. The van der Waals surface area contributed by atoms with Crippen molar-refractivity contribution < 1.29 is 18.4 Å². The smallest absolute Gasteiger partial charge is 0.400 e. The fourth-order valence-electron chi connectivity index (χ4n) is 1.65. The van der Waals surface area contributed by atoms with Gasteiger partial charge in [0.15, 0.2) is 5.84 Å². The molecule has 0 saturated heterocycles. The van der Waals surface area contributed by atoms with E-state index in [0.717, 1.165) is 5.56 Å². The van der Waals surface area contributed by atoms with Gasteiger partial charge in [-0.1, -0.05) is 28.9 Å². The molecule has 0 aliphatic carbocycles. The van der Waals surface area contributed by atoms with Crippen LogP contribution < -0.4 is 11.1 Å². The van der Waals surface area contributed by atoms with Gasteiger partial charge in [-0.2, -0.15) is 13.2 Å². The average molecular weight is 310 g/mol. The summed E-state index contributed by atoms with van der Waals surface area (Å²) in [6.45, 7) is 1.21.